The zero-order chi connectivity index (χ0) is 12.1. The molecule has 0 aliphatic heterocycles. The topological polar surface area (TPSA) is 43.8 Å². The highest BCUT2D eigenvalue weighted by Crippen LogP contribution is 2.41. The summed E-state index contributed by atoms with van der Waals surface area (Å²) < 4.78 is 2.12. The molecule has 0 atom stereocenters. The van der Waals surface area contributed by atoms with E-state index in [2.05, 4.69) is 33.8 Å². The van der Waals surface area contributed by atoms with Crippen molar-refractivity contribution in [3.63, 3.8) is 0 Å². The smallest absolute Gasteiger partial charge is 0.131 e. The number of benzene rings is 1. The van der Waals surface area contributed by atoms with Crippen LogP contribution >= 0.6 is 0 Å². The van der Waals surface area contributed by atoms with Crippen molar-refractivity contribution in [3.8, 4) is 11.3 Å². The van der Waals surface area contributed by atoms with Gasteiger partial charge in [0.15, 0.2) is 0 Å². The summed E-state index contributed by atoms with van der Waals surface area (Å²) in [5.74, 6) is 1.62. The Balaban J connectivity index is 1.68. The highest BCUT2D eigenvalue weighted by Gasteiger charge is 2.27. The van der Waals surface area contributed by atoms with Crippen molar-refractivity contribution in [3.05, 3.63) is 36.2 Å². The monoisotopic (exact) mass is 239 g/mol. The van der Waals surface area contributed by atoms with Crippen LogP contribution in [0.25, 0.3) is 11.3 Å². The van der Waals surface area contributed by atoms with E-state index in [-0.39, 0.29) is 0 Å². The van der Waals surface area contributed by atoms with Crippen molar-refractivity contribution in [2.24, 2.45) is 0 Å². The van der Waals surface area contributed by atoms with Crippen molar-refractivity contribution in [1.29, 1.82) is 0 Å². The van der Waals surface area contributed by atoms with Gasteiger partial charge in [-0.05, 0) is 37.2 Å². The van der Waals surface area contributed by atoms with Crippen molar-refractivity contribution >= 4 is 5.82 Å². The molecule has 92 valence electrons. The van der Waals surface area contributed by atoms with E-state index in [4.69, 9.17) is 5.73 Å². The van der Waals surface area contributed by atoms with Crippen molar-refractivity contribution < 1.29 is 0 Å². The maximum atomic E-state index is 6.19. The Morgan fingerprint density at radius 3 is 2.39 bits per heavy atom. The molecular formula is C15H17N3. The van der Waals surface area contributed by atoms with E-state index in [1.165, 1.54) is 31.2 Å². The van der Waals surface area contributed by atoms with E-state index in [1.807, 2.05) is 6.33 Å². The molecule has 18 heavy (non-hydrogen) atoms. The van der Waals surface area contributed by atoms with Crippen molar-refractivity contribution in [2.75, 3.05) is 5.73 Å². The number of nitrogen functional groups attached to an aromatic ring is 1. The molecule has 3 nitrogen and oxygen atoms in total. The largest absolute Gasteiger partial charge is 0.383 e. The number of rotatable bonds is 3. The van der Waals surface area contributed by atoms with Crippen LogP contribution in [0.3, 0.4) is 0 Å². The van der Waals surface area contributed by atoms with Crippen LogP contribution in [0.1, 0.15) is 43.2 Å². The summed E-state index contributed by atoms with van der Waals surface area (Å²) in [7, 11) is 0. The van der Waals surface area contributed by atoms with Crippen molar-refractivity contribution in [1.82, 2.24) is 9.55 Å². The van der Waals surface area contributed by atoms with Crippen molar-refractivity contribution in [2.45, 2.75) is 37.6 Å². The Labute approximate surface area is 107 Å². The van der Waals surface area contributed by atoms with Crippen LogP contribution in [0, 0.1) is 0 Å². The molecule has 1 aromatic carbocycles. The van der Waals surface area contributed by atoms with Gasteiger partial charge < -0.3 is 10.3 Å². The van der Waals surface area contributed by atoms with Gasteiger partial charge in [-0.1, -0.05) is 24.3 Å². The van der Waals surface area contributed by atoms with Crippen LogP contribution in [0.5, 0.6) is 0 Å². The second-order valence-electron chi connectivity index (χ2n) is 5.51. The van der Waals surface area contributed by atoms with Gasteiger partial charge in [-0.25, -0.2) is 4.98 Å². The lowest BCUT2D eigenvalue weighted by Crippen LogP contribution is -1.99. The Morgan fingerprint density at radius 1 is 1.06 bits per heavy atom. The fourth-order valence-electron chi connectivity index (χ4n) is 2.57. The molecule has 1 heterocycles. The normalized spacial score (nSPS) is 19.1. The number of imidazole rings is 1. The summed E-state index contributed by atoms with van der Waals surface area (Å²) in [4.78, 5) is 4.48. The van der Waals surface area contributed by atoms with Gasteiger partial charge in [0.05, 0.1) is 6.33 Å². The van der Waals surface area contributed by atoms with Gasteiger partial charge in [0.1, 0.15) is 11.5 Å². The minimum absolute atomic E-state index is 0.594. The number of nitrogens with two attached hydrogens (primary N) is 1. The third kappa shape index (κ3) is 1.62. The SMILES string of the molecule is Nc1c(-c2ccc(C3CC3)cc2)ncn1C1CC1. The molecular weight excluding hydrogens is 222 g/mol. The van der Waals surface area contributed by atoms with Crippen LogP contribution in [0.4, 0.5) is 5.82 Å². The minimum atomic E-state index is 0.594. The molecule has 2 aliphatic rings. The second kappa shape index (κ2) is 3.61. The number of anilines is 1. The van der Waals surface area contributed by atoms with E-state index >= 15 is 0 Å². The summed E-state index contributed by atoms with van der Waals surface area (Å²) in [5.41, 5.74) is 9.71. The van der Waals surface area contributed by atoms with Crippen LogP contribution in [-0.2, 0) is 0 Å². The van der Waals surface area contributed by atoms with Gasteiger partial charge in [-0.15, -0.1) is 0 Å². The second-order valence-corrected chi connectivity index (χ2v) is 5.51. The molecule has 3 heteroatoms. The first-order valence-corrected chi connectivity index (χ1v) is 6.75. The zero-order valence-corrected chi connectivity index (χ0v) is 10.3. The Morgan fingerprint density at radius 2 is 1.78 bits per heavy atom. The van der Waals surface area contributed by atoms with Crippen LogP contribution in [0.15, 0.2) is 30.6 Å². The third-order valence-electron chi connectivity index (χ3n) is 4.01. The number of nitrogens with zero attached hydrogens (tertiary/aromatic N) is 2. The first-order valence-electron chi connectivity index (χ1n) is 6.75. The predicted molar refractivity (Wildman–Crippen MR) is 72.3 cm³/mol. The average Bonchev–Trinajstić information content (AvgIpc) is 3.28. The molecule has 0 saturated heterocycles. The molecule has 0 amide bonds. The molecule has 0 bridgehead atoms. The number of hydrogen-bond donors (Lipinski definition) is 1. The highest BCUT2D eigenvalue weighted by atomic mass is 15.2. The Bertz CT molecular complexity index is 574. The van der Waals surface area contributed by atoms with Gasteiger partial charge in [0, 0.05) is 11.6 Å². The highest BCUT2D eigenvalue weighted by molar-refractivity contribution is 5.70. The lowest BCUT2D eigenvalue weighted by atomic mass is 10.1. The Kier molecular flexibility index (Phi) is 2.04. The van der Waals surface area contributed by atoms with Gasteiger partial charge in [0.2, 0.25) is 0 Å². The minimum Gasteiger partial charge on any atom is -0.383 e. The first kappa shape index (κ1) is 10.2. The molecule has 0 radical (unpaired) electrons. The van der Waals surface area contributed by atoms with Gasteiger partial charge in [-0.3, -0.25) is 0 Å². The molecule has 0 unspecified atom stereocenters. The van der Waals surface area contributed by atoms with E-state index in [0.29, 0.717) is 6.04 Å². The van der Waals surface area contributed by atoms with Crippen LogP contribution < -0.4 is 5.73 Å². The summed E-state index contributed by atoms with van der Waals surface area (Å²) in [6.07, 6.45) is 7.05. The summed E-state index contributed by atoms with van der Waals surface area (Å²) in [6, 6.07) is 9.36. The first-order chi connectivity index (χ1) is 8.83. The summed E-state index contributed by atoms with van der Waals surface area (Å²) >= 11 is 0. The average molecular weight is 239 g/mol. The van der Waals surface area contributed by atoms with E-state index < -0.39 is 0 Å². The van der Waals surface area contributed by atoms with E-state index in [1.54, 1.807) is 0 Å². The summed E-state index contributed by atoms with van der Waals surface area (Å²) in [6.45, 7) is 0. The maximum absolute atomic E-state index is 6.19. The fraction of sp³-hybridized carbons (Fsp3) is 0.400. The Hall–Kier alpha value is -1.77. The van der Waals surface area contributed by atoms with Gasteiger partial charge in [-0.2, -0.15) is 0 Å². The quantitative estimate of drug-likeness (QED) is 0.892. The molecule has 1 aromatic heterocycles. The van der Waals surface area contributed by atoms with Crippen LogP contribution in [-0.4, -0.2) is 9.55 Å². The standard InChI is InChI=1S/C15H17N3/c16-15-14(17-9-18(15)13-7-8-13)12-5-3-11(4-6-12)10-1-2-10/h3-6,9-10,13H,1-2,7-8,16H2. The zero-order valence-electron chi connectivity index (χ0n) is 10.3. The van der Waals surface area contributed by atoms with Gasteiger partial charge >= 0.3 is 0 Å². The molecule has 4 rings (SSSR count). The molecule has 0 spiro atoms. The van der Waals surface area contributed by atoms with E-state index in [0.717, 1.165) is 23.0 Å². The fourth-order valence-corrected chi connectivity index (χ4v) is 2.57. The van der Waals surface area contributed by atoms with Crippen LogP contribution in [0.2, 0.25) is 0 Å². The predicted octanol–water partition coefficient (Wildman–Crippen LogP) is 3.34. The van der Waals surface area contributed by atoms with E-state index in [9.17, 15) is 0 Å². The lowest BCUT2D eigenvalue weighted by Gasteiger charge is -2.04. The number of aromatic nitrogens is 2. The molecule has 2 N–H and O–H groups in total. The molecule has 2 aromatic rings. The third-order valence-corrected chi connectivity index (χ3v) is 4.01. The molecule has 2 aliphatic carbocycles. The van der Waals surface area contributed by atoms with Gasteiger partial charge in [0.25, 0.3) is 0 Å². The summed E-state index contributed by atoms with van der Waals surface area (Å²) in [5, 5.41) is 0. The number of hydrogen-bond acceptors (Lipinski definition) is 2. The maximum Gasteiger partial charge on any atom is 0.131 e. The molecule has 2 saturated carbocycles. The molecule has 2 fully saturated rings. The lowest BCUT2D eigenvalue weighted by molar-refractivity contribution is 0.751.